The van der Waals surface area contributed by atoms with Crippen molar-refractivity contribution >= 4 is 51.9 Å². The second-order valence-corrected chi connectivity index (χ2v) is 17.6. The van der Waals surface area contributed by atoms with Crippen LogP contribution in [-0.2, 0) is 14.3 Å². The van der Waals surface area contributed by atoms with Crippen LogP contribution in [0.15, 0.2) is 12.3 Å². The number of nitriles is 1. The Morgan fingerprint density at radius 3 is 2.48 bits per heavy atom. The molecule has 0 bridgehead atoms. The number of benzene rings is 1. The first-order chi connectivity index (χ1) is 24.6. The number of amides is 2. The number of anilines is 1. The second kappa shape index (κ2) is 13.4. The van der Waals surface area contributed by atoms with E-state index in [0.717, 1.165) is 60.6 Å². The average Bonchev–Trinajstić information content (AvgIpc) is 3.64. The first kappa shape index (κ1) is 36.8. The van der Waals surface area contributed by atoms with Crippen molar-refractivity contribution in [3.63, 3.8) is 0 Å². The van der Waals surface area contributed by atoms with Gasteiger partial charge in [0.1, 0.15) is 22.7 Å². The van der Waals surface area contributed by atoms with E-state index < -0.39 is 16.5 Å². The summed E-state index contributed by atoms with van der Waals surface area (Å²) in [7, 11) is 0. The van der Waals surface area contributed by atoms with Crippen LogP contribution in [0.4, 0.5) is 10.6 Å². The van der Waals surface area contributed by atoms with Crippen LogP contribution in [0.5, 0.6) is 0 Å². The molecule has 7 rings (SSSR count). The lowest BCUT2D eigenvalue weighted by atomic mass is 9.61. The number of carbonyl (C=O) groups excluding carboxylic acids is 2. The largest absolute Gasteiger partial charge is 0.444 e. The van der Waals surface area contributed by atoms with Gasteiger partial charge in [0, 0.05) is 55.7 Å². The van der Waals surface area contributed by atoms with E-state index in [1.807, 2.05) is 48.2 Å². The van der Waals surface area contributed by atoms with Crippen molar-refractivity contribution in [1.82, 2.24) is 29.4 Å². The van der Waals surface area contributed by atoms with Gasteiger partial charge in [0.15, 0.2) is 12.0 Å². The monoisotopic (exact) mass is 752 g/mol. The van der Waals surface area contributed by atoms with Crippen molar-refractivity contribution in [2.45, 2.75) is 116 Å². The molecule has 3 aromatic rings. The third kappa shape index (κ3) is 6.30. The Morgan fingerprint density at radius 1 is 1.13 bits per heavy atom. The summed E-state index contributed by atoms with van der Waals surface area (Å²) in [5.74, 6) is 0.582. The first-order valence-corrected chi connectivity index (χ1v) is 19.4. The molecule has 5 heterocycles. The van der Waals surface area contributed by atoms with Gasteiger partial charge in [-0.15, -0.1) is 11.6 Å². The smallest absolute Gasteiger partial charge is 0.410 e. The topological polar surface area (TPSA) is 122 Å². The molecule has 14 heteroatoms. The van der Waals surface area contributed by atoms with Crippen LogP contribution >= 0.6 is 23.2 Å². The molecule has 280 valence electrons. The number of halogens is 2. The summed E-state index contributed by atoms with van der Waals surface area (Å²) in [5, 5.41) is 21.9. The molecule has 1 saturated carbocycles. The number of aromatic nitrogens is 4. The molecule has 3 atom stereocenters. The molecule has 1 spiro atoms. The molecule has 0 N–H and O–H groups in total. The molecule has 0 radical (unpaired) electrons. The molecule has 4 fully saturated rings. The SMILES string of the molecule is CC[C@@]1(C)CN(C(=O)C(C)Cl)CCN1c1nn(C2CC3(C2)CN(C(=O)OC(C)(C)C)C3)c(C#N)c1-c1c(Cl)c(C)cc2c1cnn2C1CCCCO1. The van der Waals surface area contributed by atoms with Gasteiger partial charge in [0.2, 0.25) is 5.91 Å². The molecular formula is C38H50Cl2N8O4. The maximum Gasteiger partial charge on any atom is 0.410 e. The molecule has 4 aliphatic rings. The van der Waals surface area contributed by atoms with Crippen LogP contribution in [0.1, 0.15) is 104 Å². The van der Waals surface area contributed by atoms with E-state index in [4.69, 9.17) is 42.9 Å². The molecule has 52 heavy (non-hydrogen) atoms. The van der Waals surface area contributed by atoms with Crippen LogP contribution in [0, 0.1) is 23.7 Å². The fraction of sp³-hybridized carbons (Fsp3) is 0.658. The van der Waals surface area contributed by atoms with Gasteiger partial charge in [-0.1, -0.05) is 18.5 Å². The fourth-order valence-electron chi connectivity index (χ4n) is 8.66. The third-order valence-corrected chi connectivity index (χ3v) is 12.2. The van der Waals surface area contributed by atoms with E-state index in [0.29, 0.717) is 61.4 Å². The predicted molar refractivity (Wildman–Crippen MR) is 201 cm³/mol. The van der Waals surface area contributed by atoms with Crippen LogP contribution in [0.3, 0.4) is 0 Å². The molecule has 1 aromatic carbocycles. The first-order valence-electron chi connectivity index (χ1n) is 18.6. The van der Waals surface area contributed by atoms with Gasteiger partial charge in [-0.3, -0.25) is 4.79 Å². The Kier molecular flexibility index (Phi) is 9.49. The highest BCUT2D eigenvalue weighted by Crippen LogP contribution is 2.56. The zero-order chi connectivity index (χ0) is 37.3. The minimum atomic E-state index is -0.625. The van der Waals surface area contributed by atoms with E-state index in [9.17, 15) is 14.9 Å². The minimum Gasteiger partial charge on any atom is -0.444 e. The van der Waals surface area contributed by atoms with Gasteiger partial charge in [0.25, 0.3) is 0 Å². The maximum atomic E-state index is 13.1. The van der Waals surface area contributed by atoms with E-state index in [1.54, 1.807) is 11.8 Å². The molecular weight excluding hydrogens is 703 g/mol. The van der Waals surface area contributed by atoms with E-state index in [1.165, 1.54) is 0 Å². The fourth-order valence-corrected chi connectivity index (χ4v) is 9.04. The molecule has 12 nitrogen and oxygen atoms in total. The Hall–Kier alpha value is -3.53. The van der Waals surface area contributed by atoms with Crippen molar-refractivity contribution in [1.29, 1.82) is 5.26 Å². The number of fused-ring (bicyclic) bond motifs is 1. The number of aryl methyl sites for hydroxylation is 1. The van der Waals surface area contributed by atoms with Crippen LogP contribution in [0.2, 0.25) is 5.02 Å². The van der Waals surface area contributed by atoms with Gasteiger partial charge in [0.05, 0.1) is 33.9 Å². The zero-order valence-corrected chi connectivity index (χ0v) is 32.9. The zero-order valence-electron chi connectivity index (χ0n) is 31.3. The summed E-state index contributed by atoms with van der Waals surface area (Å²) in [6.07, 6.45) is 6.63. The number of nitrogens with zero attached hydrogens (tertiary/aromatic N) is 8. The summed E-state index contributed by atoms with van der Waals surface area (Å²) < 4.78 is 15.6. The predicted octanol–water partition coefficient (Wildman–Crippen LogP) is 7.45. The molecule has 2 amide bonds. The minimum absolute atomic E-state index is 0.0296. The average molecular weight is 754 g/mol. The van der Waals surface area contributed by atoms with Gasteiger partial charge >= 0.3 is 6.09 Å². The van der Waals surface area contributed by atoms with Crippen LogP contribution < -0.4 is 4.90 Å². The lowest BCUT2D eigenvalue weighted by Gasteiger charge is -2.58. The van der Waals surface area contributed by atoms with Crippen LogP contribution in [0.25, 0.3) is 22.0 Å². The third-order valence-electron chi connectivity index (χ3n) is 11.5. The number of likely N-dealkylation sites (tertiary alicyclic amines) is 1. The summed E-state index contributed by atoms with van der Waals surface area (Å²) in [5.41, 5.74) is 2.54. The van der Waals surface area contributed by atoms with Gasteiger partial charge < -0.3 is 24.2 Å². The van der Waals surface area contributed by atoms with Crippen LogP contribution in [-0.4, -0.2) is 97.2 Å². The van der Waals surface area contributed by atoms with E-state index in [-0.39, 0.29) is 29.7 Å². The lowest BCUT2D eigenvalue weighted by molar-refractivity contribution is -0.132. The van der Waals surface area contributed by atoms with Crippen molar-refractivity contribution < 1.29 is 19.1 Å². The summed E-state index contributed by atoms with van der Waals surface area (Å²) in [6.45, 7) is 17.0. The number of ether oxygens (including phenoxy) is 2. The molecule has 3 saturated heterocycles. The van der Waals surface area contributed by atoms with Crippen molar-refractivity contribution in [2.75, 3.05) is 44.2 Å². The standard InChI is InChI=1S/C38H50Cl2N8O4/c1-8-37(7)20-44(34(49)24(3)39)12-13-46(37)33-31(30-26-19-42-48(29-11-9-10-14-51-29)27(26)15-23(2)32(30)40)28(18-41)47(43-33)25-16-38(17-25)21-45(22-38)35(50)52-36(4,5)6/h15,19,24-25,29H,8-14,16-17,20-22H2,1-7H3/t24?,29?,37-/m0/s1. The number of carbonyl (C=O) groups is 2. The molecule has 3 aliphatic heterocycles. The second-order valence-electron chi connectivity index (χ2n) is 16.6. The number of piperazine rings is 1. The highest BCUT2D eigenvalue weighted by molar-refractivity contribution is 6.36. The molecule has 2 aromatic heterocycles. The van der Waals surface area contributed by atoms with E-state index >= 15 is 0 Å². The normalized spacial score (nSPS) is 24.1. The maximum absolute atomic E-state index is 13.1. The number of rotatable bonds is 6. The molecule has 2 unspecified atom stereocenters. The van der Waals surface area contributed by atoms with E-state index in [2.05, 4.69) is 30.9 Å². The quantitative estimate of drug-likeness (QED) is 0.238. The number of hydrogen-bond donors (Lipinski definition) is 0. The summed E-state index contributed by atoms with van der Waals surface area (Å²) >= 11 is 13.6. The van der Waals surface area contributed by atoms with Gasteiger partial charge in [-0.25, -0.2) is 14.2 Å². The Morgan fingerprint density at radius 2 is 1.87 bits per heavy atom. The highest BCUT2D eigenvalue weighted by atomic mass is 35.5. The molecule has 1 aliphatic carbocycles. The van der Waals surface area contributed by atoms with Gasteiger partial charge in [-0.2, -0.15) is 15.5 Å². The Labute approximate surface area is 315 Å². The number of hydrogen-bond acceptors (Lipinski definition) is 8. The lowest BCUT2D eigenvalue weighted by Crippen LogP contribution is -2.64. The van der Waals surface area contributed by atoms with Crippen molar-refractivity contribution in [3.05, 3.63) is 28.5 Å². The van der Waals surface area contributed by atoms with Crippen molar-refractivity contribution in [3.8, 4) is 17.2 Å². The Balaban J connectivity index is 1.32. The Bertz CT molecular complexity index is 1920. The van der Waals surface area contributed by atoms with Crippen molar-refractivity contribution in [2.24, 2.45) is 5.41 Å². The van der Waals surface area contributed by atoms with Gasteiger partial charge in [-0.05, 0) is 91.7 Å². The summed E-state index contributed by atoms with van der Waals surface area (Å²) in [4.78, 5) is 31.7. The highest BCUT2D eigenvalue weighted by Gasteiger charge is 2.56. The number of alkyl halides is 1. The summed E-state index contributed by atoms with van der Waals surface area (Å²) in [6, 6.07) is 4.57.